The third-order valence-electron chi connectivity index (χ3n) is 6.53. The van der Waals surface area contributed by atoms with Gasteiger partial charge in [-0.15, -0.1) is 11.3 Å². The van der Waals surface area contributed by atoms with Crippen molar-refractivity contribution in [2.75, 3.05) is 37.6 Å². The molecule has 2 N–H and O–H groups in total. The first-order valence-electron chi connectivity index (χ1n) is 10.0. The SMILES string of the molecule is C[C@@H]1[C@H](NC(=O)c2cc3c(N4CCNC(=O)C4)csc3cn2)C2CCN1CC2. The summed E-state index contributed by atoms with van der Waals surface area (Å²) in [7, 11) is 0. The summed E-state index contributed by atoms with van der Waals surface area (Å²) in [6, 6.07) is 2.46. The number of carbonyl (C=O) groups excluding carboxylic acids is 2. The Kier molecular flexibility index (Phi) is 4.47. The Morgan fingerprint density at radius 3 is 2.89 bits per heavy atom. The highest BCUT2D eigenvalue weighted by atomic mass is 32.1. The number of fused-ring (bicyclic) bond motifs is 4. The van der Waals surface area contributed by atoms with Crippen molar-refractivity contribution in [2.45, 2.75) is 31.8 Å². The lowest BCUT2D eigenvalue weighted by Gasteiger charge is -2.49. The standard InChI is InChI=1S/C20H25N5O2S/c1-12-19(13-2-5-24(12)6-3-13)23-20(27)15-8-14-16(11-28-17(14)9-22-15)25-7-4-21-18(26)10-25/h8-9,11-13,19H,2-7,10H2,1H3,(H,21,26)(H,23,27)/t12-,19+/m1/s1. The summed E-state index contributed by atoms with van der Waals surface area (Å²) in [5.74, 6) is 0.506. The van der Waals surface area contributed by atoms with Gasteiger partial charge in [-0.05, 0) is 44.8 Å². The highest BCUT2D eigenvalue weighted by Gasteiger charge is 2.40. The fraction of sp³-hybridized carbons (Fsp3) is 0.550. The average Bonchev–Trinajstić information content (AvgIpc) is 3.14. The Morgan fingerprint density at radius 1 is 1.32 bits per heavy atom. The third kappa shape index (κ3) is 3.04. The Balaban J connectivity index is 1.39. The van der Waals surface area contributed by atoms with Crippen molar-refractivity contribution in [3.63, 3.8) is 0 Å². The van der Waals surface area contributed by atoms with Gasteiger partial charge < -0.3 is 15.5 Å². The molecule has 0 radical (unpaired) electrons. The largest absolute Gasteiger partial charge is 0.359 e. The van der Waals surface area contributed by atoms with Crippen LogP contribution in [0.1, 0.15) is 30.3 Å². The molecule has 0 aromatic carbocycles. The minimum atomic E-state index is -0.0963. The van der Waals surface area contributed by atoms with E-state index in [4.69, 9.17) is 0 Å². The van der Waals surface area contributed by atoms with E-state index in [0.717, 1.165) is 48.2 Å². The molecule has 28 heavy (non-hydrogen) atoms. The summed E-state index contributed by atoms with van der Waals surface area (Å²) in [5.41, 5.74) is 1.47. The van der Waals surface area contributed by atoms with Gasteiger partial charge in [0, 0.05) is 42.1 Å². The second kappa shape index (κ2) is 7.00. The van der Waals surface area contributed by atoms with Gasteiger partial charge in [-0.1, -0.05) is 0 Å². The van der Waals surface area contributed by atoms with Gasteiger partial charge in [-0.25, -0.2) is 4.98 Å². The van der Waals surface area contributed by atoms with Crippen LogP contribution in [-0.4, -0.2) is 66.5 Å². The monoisotopic (exact) mass is 399 g/mol. The number of carbonyl (C=O) groups is 2. The third-order valence-corrected chi connectivity index (χ3v) is 7.45. The first kappa shape index (κ1) is 17.9. The Bertz CT molecular complexity index is 918. The molecule has 2 atom stereocenters. The topological polar surface area (TPSA) is 77.6 Å². The van der Waals surface area contributed by atoms with E-state index < -0.39 is 0 Å². The molecule has 4 aliphatic heterocycles. The molecule has 0 unspecified atom stereocenters. The summed E-state index contributed by atoms with van der Waals surface area (Å²) in [6.45, 7) is 6.27. The van der Waals surface area contributed by atoms with E-state index in [1.54, 1.807) is 17.5 Å². The summed E-state index contributed by atoms with van der Waals surface area (Å²) in [6.07, 6.45) is 4.10. The molecule has 2 aromatic rings. The van der Waals surface area contributed by atoms with E-state index >= 15 is 0 Å². The number of hydrogen-bond donors (Lipinski definition) is 2. The van der Waals surface area contributed by atoms with Gasteiger partial charge in [0.25, 0.3) is 5.91 Å². The summed E-state index contributed by atoms with van der Waals surface area (Å²) in [5, 5.41) is 9.18. The minimum absolute atomic E-state index is 0.0361. The zero-order valence-corrected chi connectivity index (χ0v) is 16.8. The molecule has 2 bridgehead atoms. The predicted molar refractivity (Wildman–Crippen MR) is 110 cm³/mol. The Labute approximate surface area is 168 Å². The lowest BCUT2D eigenvalue weighted by atomic mass is 9.79. The number of aromatic nitrogens is 1. The van der Waals surface area contributed by atoms with Crippen LogP contribution in [-0.2, 0) is 4.79 Å². The molecule has 4 fully saturated rings. The van der Waals surface area contributed by atoms with Crippen LogP contribution in [0.25, 0.3) is 10.1 Å². The number of hydrogen-bond acceptors (Lipinski definition) is 6. The van der Waals surface area contributed by atoms with Crippen molar-refractivity contribution in [1.29, 1.82) is 0 Å². The van der Waals surface area contributed by atoms with Crippen LogP contribution in [0.3, 0.4) is 0 Å². The van der Waals surface area contributed by atoms with Gasteiger partial charge in [0.05, 0.1) is 16.9 Å². The summed E-state index contributed by atoms with van der Waals surface area (Å²) >= 11 is 1.60. The number of rotatable bonds is 3. The quantitative estimate of drug-likeness (QED) is 0.817. The fourth-order valence-corrected chi connectivity index (χ4v) is 5.82. The van der Waals surface area contributed by atoms with E-state index in [0.29, 0.717) is 30.7 Å². The lowest BCUT2D eigenvalue weighted by molar-refractivity contribution is -0.120. The molecule has 4 aliphatic rings. The molecular formula is C20H25N5O2S. The molecule has 6 rings (SSSR count). The highest BCUT2D eigenvalue weighted by molar-refractivity contribution is 7.17. The van der Waals surface area contributed by atoms with E-state index in [1.807, 2.05) is 6.07 Å². The van der Waals surface area contributed by atoms with Crippen molar-refractivity contribution in [3.8, 4) is 0 Å². The number of nitrogens with one attached hydrogen (secondary N) is 2. The maximum absolute atomic E-state index is 13.0. The zero-order chi connectivity index (χ0) is 19.3. The number of piperazine rings is 1. The van der Waals surface area contributed by atoms with Crippen LogP contribution in [0, 0.1) is 5.92 Å². The molecule has 7 nitrogen and oxygen atoms in total. The first-order chi connectivity index (χ1) is 13.6. The molecule has 2 amide bonds. The van der Waals surface area contributed by atoms with Crippen LogP contribution < -0.4 is 15.5 Å². The van der Waals surface area contributed by atoms with Crippen LogP contribution in [0.15, 0.2) is 17.6 Å². The molecule has 4 saturated heterocycles. The number of anilines is 1. The molecule has 0 spiro atoms. The molecule has 2 aromatic heterocycles. The number of pyridine rings is 1. The second-order valence-electron chi connectivity index (χ2n) is 8.07. The van der Waals surface area contributed by atoms with Gasteiger partial charge in [-0.2, -0.15) is 0 Å². The number of thiophene rings is 1. The van der Waals surface area contributed by atoms with Crippen molar-refractivity contribution < 1.29 is 9.59 Å². The van der Waals surface area contributed by atoms with Crippen molar-refractivity contribution >= 4 is 38.9 Å². The molecular weight excluding hydrogens is 374 g/mol. The number of piperidine rings is 3. The first-order valence-corrected chi connectivity index (χ1v) is 10.9. The maximum Gasteiger partial charge on any atom is 0.270 e. The van der Waals surface area contributed by atoms with E-state index in [1.165, 1.54) is 0 Å². The average molecular weight is 400 g/mol. The van der Waals surface area contributed by atoms with Crippen LogP contribution in [0.5, 0.6) is 0 Å². The lowest BCUT2D eigenvalue weighted by Crippen LogP contribution is -2.62. The summed E-state index contributed by atoms with van der Waals surface area (Å²) < 4.78 is 1.04. The predicted octanol–water partition coefficient (Wildman–Crippen LogP) is 1.45. The molecule has 0 saturated carbocycles. The highest BCUT2D eigenvalue weighted by Crippen LogP contribution is 2.34. The van der Waals surface area contributed by atoms with Gasteiger partial charge in [-0.3, -0.25) is 14.5 Å². The van der Waals surface area contributed by atoms with Crippen molar-refractivity contribution in [2.24, 2.45) is 5.92 Å². The van der Waals surface area contributed by atoms with Crippen molar-refractivity contribution in [3.05, 3.63) is 23.3 Å². The Hall–Kier alpha value is -2.19. The normalized spacial score (nSPS) is 29.8. The van der Waals surface area contributed by atoms with Crippen LogP contribution in [0.2, 0.25) is 0 Å². The maximum atomic E-state index is 13.0. The summed E-state index contributed by atoms with van der Waals surface area (Å²) in [4.78, 5) is 33.7. The van der Waals surface area contributed by atoms with E-state index in [-0.39, 0.29) is 17.9 Å². The zero-order valence-electron chi connectivity index (χ0n) is 16.0. The van der Waals surface area contributed by atoms with Crippen LogP contribution in [0.4, 0.5) is 5.69 Å². The molecule has 0 aliphatic carbocycles. The molecule has 8 heteroatoms. The fourth-order valence-electron chi connectivity index (χ4n) is 4.90. The van der Waals surface area contributed by atoms with Gasteiger partial charge in [0.15, 0.2) is 0 Å². The second-order valence-corrected chi connectivity index (χ2v) is 8.98. The van der Waals surface area contributed by atoms with Gasteiger partial charge in [0.2, 0.25) is 5.91 Å². The smallest absolute Gasteiger partial charge is 0.270 e. The molecule has 6 heterocycles. The number of amides is 2. The van der Waals surface area contributed by atoms with E-state index in [9.17, 15) is 9.59 Å². The molecule has 148 valence electrons. The van der Waals surface area contributed by atoms with Gasteiger partial charge >= 0.3 is 0 Å². The van der Waals surface area contributed by atoms with Crippen LogP contribution >= 0.6 is 11.3 Å². The minimum Gasteiger partial charge on any atom is -0.359 e. The van der Waals surface area contributed by atoms with Gasteiger partial charge in [0.1, 0.15) is 5.69 Å². The van der Waals surface area contributed by atoms with Crippen molar-refractivity contribution in [1.82, 2.24) is 20.5 Å². The Morgan fingerprint density at radius 2 is 2.14 bits per heavy atom. The van der Waals surface area contributed by atoms with E-state index in [2.05, 4.69) is 37.7 Å². The number of nitrogens with zero attached hydrogens (tertiary/aromatic N) is 3.